The summed E-state index contributed by atoms with van der Waals surface area (Å²) < 4.78 is 36.8. The van der Waals surface area contributed by atoms with E-state index >= 15 is 0 Å². The van der Waals surface area contributed by atoms with Gasteiger partial charge >= 0.3 is 6.18 Å². The van der Waals surface area contributed by atoms with Gasteiger partial charge in [0.05, 0.1) is 6.54 Å². The molecule has 1 rings (SSSR count). The van der Waals surface area contributed by atoms with Gasteiger partial charge < -0.3 is 5.32 Å². The highest BCUT2D eigenvalue weighted by Crippen LogP contribution is 2.41. The molecule has 1 aliphatic carbocycles. The molecule has 2 unspecified atom stereocenters. The summed E-state index contributed by atoms with van der Waals surface area (Å²) in [6.07, 6.45) is -2.03. The lowest BCUT2D eigenvalue weighted by Crippen LogP contribution is -2.44. The molecule has 17 heavy (non-hydrogen) atoms. The van der Waals surface area contributed by atoms with Gasteiger partial charge in [-0.3, -0.25) is 4.90 Å². The van der Waals surface area contributed by atoms with Gasteiger partial charge in [0, 0.05) is 12.6 Å². The Morgan fingerprint density at radius 1 is 1.35 bits per heavy atom. The van der Waals surface area contributed by atoms with E-state index in [1.165, 1.54) is 4.90 Å². The van der Waals surface area contributed by atoms with E-state index in [4.69, 9.17) is 0 Å². The molecule has 5 heteroatoms. The van der Waals surface area contributed by atoms with Crippen LogP contribution < -0.4 is 5.32 Å². The first-order chi connectivity index (χ1) is 7.65. The molecule has 2 atom stereocenters. The molecule has 0 spiro atoms. The van der Waals surface area contributed by atoms with Crippen molar-refractivity contribution < 1.29 is 13.2 Å². The second kappa shape index (κ2) is 5.14. The van der Waals surface area contributed by atoms with Crippen molar-refractivity contribution in [1.29, 1.82) is 0 Å². The van der Waals surface area contributed by atoms with Crippen molar-refractivity contribution in [3.8, 4) is 0 Å². The van der Waals surface area contributed by atoms with Crippen LogP contribution in [0.25, 0.3) is 0 Å². The molecule has 0 aromatic heterocycles. The first-order valence-corrected chi connectivity index (χ1v) is 6.08. The Morgan fingerprint density at radius 2 is 1.94 bits per heavy atom. The minimum Gasteiger partial charge on any atom is -0.316 e. The minimum atomic E-state index is -4.10. The highest BCUT2D eigenvalue weighted by Gasteiger charge is 2.41. The topological polar surface area (TPSA) is 15.3 Å². The van der Waals surface area contributed by atoms with Gasteiger partial charge in [-0.1, -0.05) is 13.8 Å². The molecule has 0 amide bonds. The fourth-order valence-electron chi connectivity index (χ4n) is 3.11. The van der Waals surface area contributed by atoms with Gasteiger partial charge in [-0.2, -0.15) is 13.2 Å². The summed E-state index contributed by atoms with van der Waals surface area (Å²) in [4.78, 5) is 1.39. The Bertz CT molecular complexity index is 251. The average Bonchev–Trinajstić information content (AvgIpc) is 2.37. The second-order valence-electron chi connectivity index (χ2n) is 5.87. The lowest BCUT2D eigenvalue weighted by atomic mass is 9.85. The molecule has 0 bridgehead atoms. The Morgan fingerprint density at radius 3 is 2.41 bits per heavy atom. The lowest BCUT2D eigenvalue weighted by Gasteiger charge is -2.32. The van der Waals surface area contributed by atoms with E-state index < -0.39 is 12.7 Å². The van der Waals surface area contributed by atoms with Crippen LogP contribution in [-0.4, -0.2) is 44.3 Å². The zero-order valence-electron chi connectivity index (χ0n) is 11.1. The number of nitrogens with zero attached hydrogens (tertiary/aromatic N) is 1. The molecule has 102 valence electrons. The molecule has 1 saturated carbocycles. The predicted octanol–water partition coefficient (Wildman–Crippen LogP) is 2.50. The Kier molecular flexibility index (Phi) is 4.47. The Hall–Kier alpha value is -0.290. The van der Waals surface area contributed by atoms with Crippen molar-refractivity contribution in [3.63, 3.8) is 0 Å². The number of nitrogens with one attached hydrogen (secondary N) is 1. The normalized spacial score (nSPS) is 28.9. The quantitative estimate of drug-likeness (QED) is 0.827. The maximum absolute atomic E-state index is 12.3. The largest absolute Gasteiger partial charge is 0.401 e. The lowest BCUT2D eigenvalue weighted by molar-refractivity contribution is -0.144. The van der Waals surface area contributed by atoms with Crippen LogP contribution in [0.4, 0.5) is 13.2 Å². The van der Waals surface area contributed by atoms with Crippen molar-refractivity contribution >= 4 is 0 Å². The maximum atomic E-state index is 12.3. The number of hydrogen-bond acceptors (Lipinski definition) is 2. The number of halogens is 3. The highest BCUT2D eigenvalue weighted by atomic mass is 19.4. The molecule has 0 aromatic rings. The molecule has 2 nitrogen and oxygen atoms in total. The van der Waals surface area contributed by atoms with E-state index in [1.54, 1.807) is 7.05 Å². The molecule has 0 radical (unpaired) electrons. The highest BCUT2D eigenvalue weighted by molar-refractivity contribution is 4.96. The fraction of sp³-hybridized carbons (Fsp3) is 1.00. The zero-order chi connectivity index (χ0) is 13.3. The Labute approximate surface area is 102 Å². The van der Waals surface area contributed by atoms with Crippen molar-refractivity contribution in [3.05, 3.63) is 0 Å². The number of hydrogen-bond donors (Lipinski definition) is 1. The predicted molar refractivity (Wildman–Crippen MR) is 62.9 cm³/mol. The molecular formula is C12H23F3N2. The molecule has 1 aliphatic rings. The van der Waals surface area contributed by atoms with Crippen LogP contribution in [0, 0.1) is 11.3 Å². The zero-order valence-corrected chi connectivity index (χ0v) is 11.1. The first-order valence-electron chi connectivity index (χ1n) is 6.08. The fourth-order valence-corrected chi connectivity index (χ4v) is 3.11. The van der Waals surface area contributed by atoms with E-state index in [1.807, 2.05) is 7.05 Å². The molecule has 0 heterocycles. The summed E-state index contributed by atoms with van der Waals surface area (Å²) in [5.74, 6) is 0.308. The van der Waals surface area contributed by atoms with Crippen LogP contribution in [0.15, 0.2) is 0 Å². The minimum absolute atomic E-state index is 0.179. The number of alkyl halides is 3. The molecule has 1 N–H and O–H groups in total. The monoisotopic (exact) mass is 252 g/mol. The van der Waals surface area contributed by atoms with E-state index in [0.717, 1.165) is 12.8 Å². The van der Waals surface area contributed by atoms with Crippen LogP contribution in [0.1, 0.15) is 26.7 Å². The first kappa shape index (κ1) is 14.8. The molecule has 0 saturated heterocycles. The Balaban J connectivity index is 2.52. The van der Waals surface area contributed by atoms with Gasteiger partial charge in [-0.05, 0) is 38.3 Å². The summed E-state index contributed by atoms with van der Waals surface area (Å²) in [5.41, 5.74) is 0.179. The summed E-state index contributed by atoms with van der Waals surface area (Å²) >= 11 is 0. The maximum Gasteiger partial charge on any atom is 0.401 e. The van der Waals surface area contributed by atoms with Gasteiger partial charge in [0.15, 0.2) is 0 Å². The van der Waals surface area contributed by atoms with Crippen LogP contribution in [0.5, 0.6) is 0 Å². The average molecular weight is 252 g/mol. The third kappa shape index (κ3) is 4.14. The summed E-state index contributed by atoms with van der Waals surface area (Å²) in [7, 11) is 3.44. The van der Waals surface area contributed by atoms with Gasteiger partial charge in [0.25, 0.3) is 0 Å². The van der Waals surface area contributed by atoms with E-state index in [2.05, 4.69) is 19.2 Å². The van der Waals surface area contributed by atoms with Gasteiger partial charge in [-0.25, -0.2) is 0 Å². The molecular weight excluding hydrogens is 229 g/mol. The number of rotatable bonds is 4. The van der Waals surface area contributed by atoms with E-state index in [0.29, 0.717) is 18.5 Å². The third-order valence-corrected chi connectivity index (χ3v) is 3.78. The standard InChI is InChI=1S/C12H23F3N2/c1-11(2)6-5-9(10(11)16-3)7-17(4)8-12(13,14)15/h9-10,16H,5-8H2,1-4H3. The summed E-state index contributed by atoms with van der Waals surface area (Å²) in [6, 6.07) is 0.304. The van der Waals surface area contributed by atoms with Gasteiger partial charge in [0.1, 0.15) is 0 Å². The van der Waals surface area contributed by atoms with Crippen LogP contribution >= 0.6 is 0 Å². The summed E-state index contributed by atoms with van der Waals surface area (Å²) in [5, 5.41) is 3.26. The van der Waals surface area contributed by atoms with Crippen LogP contribution in [-0.2, 0) is 0 Å². The SMILES string of the molecule is CNC1C(CN(C)CC(F)(F)F)CCC1(C)C. The van der Waals surface area contributed by atoms with Crippen molar-refractivity contribution in [2.75, 3.05) is 27.2 Å². The molecule has 1 fully saturated rings. The summed E-state index contributed by atoms with van der Waals surface area (Å²) in [6.45, 7) is 4.05. The molecule has 0 aromatic carbocycles. The van der Waals surface area contributed by atoms with Crippen molar-refractivity contribution in [2.45, 2.75) is 38.9 Å². The molecule has 0 aliphatic heterocycles. The van der Waals surface area contributed by atoms with Crippen molar-refractivity contribution in [1.82, 2.24) is 10.2 Å². The van der Waals surface area contributed by atoms with E-state index in [-0.39, 0.29) is 5.41 Å². The second-order valence-corrected chi connectivity index (χ2v) is 5.87. The van der Waals surface area contributed by atoms with Gasteiger partial charge in [-0.15, -0.1) is 0 Å². The van der Waals surface area contributed by atoms with E-state index in [9.17, 15) is 13.2 Å². The third-order valence-electron chi connectivity index (χ3n) is 3.78. The smallest absolute Gasteiger partial charge is 0.316 e. The van der Waals surface area contributed by atoms with Crippen LogP contribution in [0.3, 0.4) is 0 Å². The van der Waals surface area contributed by atoms with Crippen LogP contribution in [0.2, 0.25) is 0 Å². The van der Waals surface area contributed by atoms with Gasteiger partial charge in [0.2, 0.25) is 0 Å². The van der Waals surface area contributed by atoms with Crippen molar-refractivity contribution in [2.24, 2.45) is 11.3 Å².